The summed E-state index contributed by atoms with van der Waals surface area (Å²) >= 11 is 0. The monoisotopic (exact) mass is 441 g/mol. The van der Waals surface area contributed by atoms with Crippen molar-refractivity contribution in [2.45, 2.75) is 37.3 Å². The molecule has 3 aromatic heterocycles. The number of morpholine rings is 1. The van der Waals surface area contributed by atoms with Crippen LogP contribution in [0, 0.1) is 0 Å². The molecule has 164 valence electrons. The quantitative estimate of drug-likeness (QED) is 0.605. The maximum Gasteiger partial charge on any atom is 0.151 e. The highest BCUT2D eigenvalue weighted by Crippen LogP contribution is 2.31. The number of hydrogen-bond donors (Lipinski definition) is 2. The third-order valence-electron chi connectivity index (χ3n) is 5.83. The lowest BCUT2D eigenvalue weighted by atomic mass is 10.1. The molecule has 3 aromatic rings. The summed E-state index contributed by atoms with van der Waals surface area (Å²) in [7, 11) is -1.27. The predicted octanol–water partition coefficient (Wildman–Crippen LogP) is 2.26. The number of aromatic nitrogens is 3. The van der Waals surface area contributed by atoms with Gasteiger partial charge in [-0.15, -0.1) is 0 Å². The first-order valence-electron chi connectivity index (χ1n) is 10.6. The lowest BCUT2D eigenvalue weighted by Gasteiger charge is -2.33. The molecule has 2 unspecified atom stereocenters. The molecule has 0 aliphatic carbocycles. The van der Waals surface area contributed by atoms with E-state index in [2.05, 4.69) is 15.2 Å². The molecule has 2 fully saturated rings. The Morgan fingerprint density at radius 2 is 1.90 bits per heavy atom. The summed E-state index contributed by atoms with van der Waals surface area (Å²) in [6.45, 7) is 2.29. The molecule has 0 aromatic carbocycles. The molecular formula is C22H27N5O3S. The van der Waals surface area contributed by atoms with E-state index in [1.165, 1.54) is 6.26 Å². The highest BCUT2D eigenvalue weighted by atomic mass is 32.2. The van der Waals surface area contributed by atoms with Gasteiger partial charge in [-0.3, -0.25) is 0 Å². The molecule has 0 spiro atoms. The number of nitrogens with zero attached hydrogens (tertiary/aromatic N) is 3. The van der Waals surface area contributed by atoms with Crippen LogP contribution in [0.2, 0.25) is 0 Å². The average molecular weight is 442 g/mol. The normalized spacial score (nSPS) is 21.2. The van der Waals surface area contributed by atoms with E-state index in [0.29, 0.717) is 5.69 Å². The van der Waals surface area contributed by atoms with Crippen molar-refractivity contribution in [3.8, 4) is 11.4 Å². The zero-order valence-electron chi connectivity index (χ0n) is 17.8. The molecule has 2 bridgehead atoms. The second-order valence-corrected chi connectivity index (χ2v) is 10.7. The summed E-state index contributed by atoms with van der Waals surface area (Å²) in [5.41, 5.74) is 5.04. The number of nitrogens with one attached hydrogen (secondary N) is 2. The highest BCUT2D eigenvalue weighted by molar-refractivity contribution is 7.89. The predicted molar refractivity (Wildman–Crippen MR) is 121 cm³/mol. The van der Waals surface area contributed by atoms with Gasteiger partial charge in [-0.25, -0.2) is 18.4 Å². The summed E-state index contributed by atoms with van der Waals surface area (Å²) in [6.07, 6.45) is 3.84. The summed E-state index contributed by atoms with van der Waals surface area (Å²) in [4.78, 5) is 15.3. The van der Waals surface area contributed by atoms with Crippen LogP contribution in [-0.2, 0) is 26.9 Å². The summed E-state index contributed by atoms with van der Waals surface area (Å²) in [6, 6.07) is 9.69. The van der Waals surface area contributed by atoms with Crippen LogP contribution in [-0.4, -0.2) is 62.0 Å². The summed E-state index contributed by atoms with van der Waals surface area (Å²) < 4.78 is 30.0. The van der Waals surface area contributed by atoms with E-state index in [0.717, 1.165) is 66.3 Å². The topological polar surface area (TPSA) is 100 Å². The minimum absolute atomic E-state index is 0.0224. The van der Waals surface area contributed by atoms with Gasteiger partial charge in [0.1, 0.15) is 5.82 Å². The Balaban J connectivity index is 1.55. The van der Waals surface area contributed by atoms with Crippen molar-refractivity contribution in [3.05, 3.63) is 41.6 Å². The van der Waals surface area contributed by atoms with E-state index in [9.17, 15) is 8.42 Å². The molecule has 2 aliphatic rings. The van der Waals surface area contributed by atoms with E-state index in [1.807, 2.05) is 37.4 Å². The van der Waals surface area contributed by atoms with Crippen LogP contribution in [0.4, 0.5) is 5.82 Å². The van der Waals surface area contributed by atoms with E-state index in [-0.39, 0.29) is 18.0 Å². The van der Waals surface area contributed by atoms with Crippen LogP contribution >= 0.6 is 0 Å². The number of pyridine rings is 2. The SMILES string of the molecule is CNCc1cc2nc(-c3cc(CS(C)(=O)=O)cc(N4CC5CCC(C4)O5)n3)ccc2[nH]1. The smallest absolute Gasteiger partial charge is 0.151 e. The molecule has 5 heterocycles. The van der Waals surface area contributed by atoms with Gasteiger partial charge >= 0.3 is 0 Å². The minimum atomic E-state index is -3.17. The Kier molecular flexibility index (Phi) is 5.19. The fraction of sp³-hybridized carbons (Fsp3) is 0.455. The van der Waals surface area contributed by atoms with Crippen molar-refractivity contribution < 1.29 is 13.2 Å². The van der Waals surface area contributed by atoms with E-state index in [4.69, 9.17) is 14.7 Å². The number of fused-ring (bicyclic) bond motifs is 3. The molecular weight excluding hydrogens is 414 g/mol. The van der Waals surface area contributed by atoms with Gasteiger partial charge in [-0.05, 0) is 55.8 Å². The first-order chi connectivity index (χ1) is 14.9. The van der Waals surface area contributed by atoms with Crippen LogP contribution in [0.15, 0.2) is 30.3 Å². The Morgan fingerprint density at radius 3 is 2.61 bits per heavy atom. The first kappa shape index (κ1) is 20.4. The summed E-state index contributed by atoms with van der Waals surface area (Å²) in [5, 5.41) is 3.13. The van der Waals surface area contributed by atoms with Gasteiger partial charge < -0.3 is 19.9 Å². The first-order valence-corrected chi connectivity index (χ1v) is 12.6. The molecule has 0 saturated carbocycles. The maximum atomic E-state index is 12.0. The van der Waals surface area contributed by atoms with Crippen LogP contribution < -0.4 is 10.2 Å². The molecule has 2 atom stereocenters. The standard InChI is InChI=1S/C22H27N5O3S/c1-23-10-15-9-21-18(24-15)5-6-19(25-21)20-7-14(13-31(2,28)29)8-22(26-20)27-11-16-3-4-17(12-27)30-16/h5-9,16-17,23-24H,3-4,10-13H2,1-2H3. The van der Waals surface area contributed by atoms with Gasteiger partial charge in [0, 0.05) is 31.6 Å². The molecule has 0 amide bonds. The maximum absolute atomic E-state index is 12.0. The van der Waals surface area contributed by atoms with E-state index >= 15 is 0 Å². The van der Waals surface area contributed by atoms with Crippen molar-refractivity contribution >= 4 is 26.7 Å². The average Bonchev–Trinajstić information content (AvgIpc) is 3.27. The zero-order valence-corrected chi connectivity index (χ0v) is 18.6. The number of aromatic amines is 1. The van der Waals surface area contributed by atoms with E-state index < -0.39 is 9.84 Å². The molecule has 31 heavy (non-hydrogen) atoms. The van der Waals surface area contributed by atoms with Gasteiger partial charge in [0.15, 0.2) is 9.84 Å². The van der Waals surface area contributed by atoms with Gasteiger partial charge in [0.25, 0.3) is 0 Å². The zero-order chi connectivity index (χ0) is 21.6. The fourth-order valence-corrected chi connectivity index (χ4v) is 5.32. The number of ether oxygens (including phenoxy) is 1. The molecule has 2 saturated heterocycles. The Bertz CT molecular complexity index is 1210. The number of H-pyrrole nitrogens is 1. The van der Waals surface area contributed by atoms with Crippen molar-refractivity contribution in [1.82, 2.24) is 20.3 Å². The van der Waals surface area contributed by atoms with Crippen molar-refractivity contribution in [1.29, 1.82) is 0 Å². The van der Waals surface area contributed by atoms with Gasteiger partial charge in [-0.1, -0.05) is 0 Å². The van der Waals surface area contributed by atoms with Crippen LogP contribution in [0.25, 0.3) is 22.4 Å². The second kappa shape index (κ2) is 7.89. The third-order valence-corrected chi connectivity index (χ3v) is 6.69. The molecule has 2 aliphatic heterocycles. The molecule has 0 radical (unpaired) electrons. The van der Waals surface area contributed by atoms with Crippen LogP contribution in [0.5, 0.6) is 0 Å². The summed E-state index contributed by atoms with van der Waals surface area (Å²) in [5.74, 6) is 0.772. The second-order valence-electron chi connectivity index (χ2n) is 8.61. The Morgan fingerprint density at radius 1 is 1.13 bits per heavy atom. The van der Waals surface area contributed by atoms with Gasteiger partial charge in [0.2, 0.25) is 0 Å². The Labute approximate surface area is 182 Å². The van der Waals surface area contributed by atoms with Crippen LogP contribution in [0.1, 0.15) is 24.1 Å². The number of hydrogen-bond acceptors (Lipinski definition) is 7. The molecule has 8 nitrogen and oxygen atoms in total. The lowest BCUT2D eigenvalue weighted by Crippen LogP contribution is -2.43. The van der Waals surface area contributed by atoms with Crippen molar-refractivity contribution in [3.63, 3.8) is 0 Å². The van der Waals surface area contributed by atoms with E-state index in [1.54, 1.807) is 0 Å². The lowest BCUT2D eigenvalue weighted by molar-refractivity contribution is 0.0302. The van der Waals surface area contributed by atoms with Gasteiger partial charge in [0.05, 0.1) is 40.4 Å². The van der Waals surface area contributed by atoms with Gasteiger partial charge in [-0.2, -0.15) is 0 Å². The molecule has 9 heteroatoms. The fourth-order valence-electron chi connectivity index (χ4n) is 4.55. The minimum Gasteiger partial charge on any atom is -0.371 e. The van der Waals surface area contributed by atoms with Crippen molar-refractivity contribution in [2.75, 3.05) is 31.3 Å². The number of sulfone groups is 1. The third kappa shape index (κ3) is 4.44. The van der Waals surface area contributed by atoms with Crippen LogP contribution in [0.3, 0.4) is 0 Å². The number of anilines is 1. The number of rotatable bonds is 6. The Hall–Kier alpha value is -2.49. The highest BCUT2D eigenvalue weighted by Gasteiger charge is 2.34. The largest absolute Gasteiger partial charge is 0.371 e. The molecule has 2 N–H and O–H groups in total. The van der Waals surface area contributed by atoms with Crippen molar-refractivity contribution in [2.24, 2.45) is 0 Å². The molecule has 5 rings (SSSR count).